The van der Waals surface area contributed by atoms with Crippen LogP contribution >= 0.6 is 23.2 Å². The summed E-state index contributed by atoms with van der Waals surface area (Å²) in [6.07, 6.45) is 0.949. The lowest BCUT2D eigenvalue weighted by atomic mass is 10.3. The van der Waals surface area contributed by atoms with Gasteiger partial charge < -0.3 is 9.84 Å². The van der Waals surface area contributed by atoms with Crippen LogP contribution in [0.1, 0.15) is 6.92 Å². The highest BCUT2D eigenvalue weighted by Gasteiger charge is 2.04. The zero-order valence-electron chi connectivity index (χ0n) is 7.83. The molecule has 1 N–H and O–H groups in total. The molecule has 15 heavy (non-hydrogen) atoms. The maximum absolute atomic E-state index is 10.3. The molecule has 0 radical (unpaired) electrons. The van der Waals surface area contributed by atoms with E-state index >= 15 is 0 Å². The molecule has 0 saturated heterocycles. The first kappa shape index (κ1) is 11.9. The van der Waals surface area contributed by atoms with Crippen molar-refractivity contribution in [3.8, 4) is 5.75 Å². The van der Waals surface area contributed by atoms with Crippen LogP contribution in [0.2, 0.25) is 10.0 Å². The van der Waals surface area contributed by atoms with Crippen LogP contribution in [0.5, 0.6) is 5.75 Å². The number of rotatable bonds is 3. The highest BCUT2D eigenvalue weighted by atomic mass is 35.5. The standard InChI is InChI=1S/C10H8Cl2O3/c1-6(4-10(13)14)15-9-3-2-7(11)5-8(9)12/h2-5H,1H3,(H,13,14)/b6-4+. The van der Waals surface area contributed by atoms with Gasteiger partial charge >= 0.3 is 5.97 Å². The van der Waals surface area contributed by atoms with Gasteiger partial charge in [-0.05, 0) is 25.1 Å². The van der Waals surface area contributed by atoms with Crippen LogP contribution < -0.4 is 4.74 Å². The fourth-order valence-electron chi connectivity index (χ4n) is 0.935. The minimum Gasteiger partial charge on any atom is -0.478 e. The fourth-order valence-corrected chi connectivity index (χ4v) is 1.38. The van der Waals surface area contributed by atoms with Gasteiger partial charge in [0.05, 0.1) is 11.1 Å². The number of halogens is 2. The molecule has 0 unspecified atom stereocenters. The predicted octanol–water partition coefficient (Wildman–Crippen LogP) is 3.36. The number of allylic oxidation sites excluding steroid dienone is 1. The van der Waals surface area contributed by atoms with Crippen molar-refractivity contribution in [2.75, 3.05) is 0 Å². The van der Waals surface area contributed by atoms with Crippen molar-refractivity contribution in [2.45, 2.75) is 6.92 Å². The molecule has 5 heteroatoms. The van der Waals surface area contributed by atoms with Crippen LogP contribution in [0.15, 0.2) is 30.0 Å². The van der Waals surface area contributed by atoms with E-state index in [4.69, 9.17) is 33.0 Å². The summed E-state index contributed by atoms with van der Waals surface area (Å²) in [5.74, 6) is -0.458. The van der Waals surface area contributed by atoms with Crippen LogP contribution in [-0.2, 0) is 4.79 Å². The normalized spacial score (nSPS) is 11.3. The molecule has 0 spiro atoms. The Morgan fingerprint density at radius 1 is 1.47 bits per heavy atom. The highest BCUT2D eigenvalue weighted by Crippen LogP contribution is 2.28. The molecule has 1 rings (SSSR count). The van der Waals surface area contributed by atoms with Gasteiger partial charge in [0, 0.05) is 5.02 Å². The lowest BCUT2D eigenvalue weighted by Crippen LogP contribution is -1.96. The van der Waals surface area contributed by atoms with Gasteiger partial charge in [-0.25, -0.2) is 4.79 Å². The molecule has 0 aliphatic heterocycles. The van der Waals surface area contributed by atoms with Gasteiger partial charge in [0.25, 0.3) is 0 Å². The van der Waals surface area contributed by atoms with E-state index in [0.717, 1.165) is 6.08 Å². The smallest absolute Gasteiger partial charge is 0.331 e. The van der Waals surface area contributed by atoms with Gasteiger partial charge in [0.15, 0.2) is 0 Å². The van der Waals surface area contributed by atoms with Crippen molar-refractivity contribution in [2.24, 2.45) is 0 Å². The quantitative estimate of drug-likeness (QED) is 0.658. The van der Waals surface area contributed by atoms with Crippen molar-refractivity contribution in [3.05, 3.63) is 40.1 Å². The summed E-state index contributed by atoms with van der Waals surface area (Å²) in [5, 5.41) is 9.29. The summed E-state index contributed by atoms with van der Waals surface area (Å²) in [6, 6.07) is 4.70. The van der Waals surface area contributed by atoms with Crippen molar-refractivity contribution < 1.29 is 14.6 Å². The molecule has 0 aliphatic carbocycles. The van der Waals surface area contributed by atoms with Gasteiger partial charge in [0.2, 0.25) is 0 Å². The van der Waals surface area contributed by atoms with Gasteiger partial charge in [-0.1, -0.05) is 23.2 Å². The molecule has 80 valence electrons. The molecule has 1 aromatic rings. The van der Waals surface area contributed by atoms with E-state index in [9.17, 15) is 4.79 Å². The zero-order valence-corrected chi connectivity index (χ0v) is 9.34. The van der Waals surface area contributed by atoms with Gasteiger partial charge in [-0.15, -0.1) is 0 Å². The molecule has 1 aromatic carbocycles. The molecule has 0 aromatic heterocycles. The Morgan fingerprint density at radius 3 is 2.67 bits per heavy atom. The zero-order chi connectivity index (χ0) is 11.4. The molecule has 0 amide bonds. The number of ether oxygens (including phenoxy) is 1. The number of hydrogen-bond acceptors (Lipinski definition) is 2. The molecule has 3 nitrogen and oxygen atoms in total. The van der Waals surface area contributed by atoms with Gasteiger partial charge in [-0.3, -0.25) is 0 Å². The van der Waals surface area contributed by atoms with Crippen LogP contribution in [0.3, 0.4) is 0 Å². The summed E-state index contributed by atoms with van der Waals surface area (Å²) >= 11 is 11.5. The summed E-state index contributed by atoms with van der Waals surface area (Å²) < 4.78 is 5.20. The van der Waals surface area contributed by atoms with Crippen molar-refractivity contribution in [1.82, 2.24) is 0 Å². The Balaban J connectivity index is 2.86. The fraction of sp³-hybridized carbons (Fsp3) is 0.100. The average Bonchev–Trinajstić information content (AvgIpc) is 2.08. The molecule has 0 saturated carbocycles. The van der Waals surface area contributed by atoms with E-state index in [2.05, 4.69) is 0 Å². The summed E-state index contributed by atoms with van der Waals surface area (Å²) in [4.78, 5) is 10.3. The first-order chi connectivity index (χ1) is 6.99. The first-order valence-corrected chi connectivity index (χ1v) is 4.79. The minimum atomic E-state index is -1.07. The third-order valence-electron chi connectivity index (χ3n) is 1.49. The largest absolute Gasteiger partial charge is 0.478 e. The van der Waals surface area contributed by atoms with Crippen LogP contribution in [-0.4, -0.2) is 11.1 Å². The SMILES string of the molecule is C/C(=C\C(=O)O)Oc1ccc(Cl)cc1Cl. The second kappa shape index (κ2) is 5.05. The Labute approximate surface area is 96.9 Å². The maximum atomic E-state index is 10.3. The van der Waals surface area contributed by atoms with E-state index in [1.807, 2.05) is 0 Å². The van der Waals surface area contributed by atoms with E-state index < -0.39 is 5.97 Å². The Bertz CT molecular complexity index is 413. The number of benzene rings is 1. The molecule has 0 heterocycles. The third kappa shape index (κ3) is 3.81. The van der Waals surface area contributed by atoms with Crippen LogP contribution in [0.25, 0.3) is 0 Å². The van der Waals surface area contributed by atoms with Gasteiger partial charge in [0.1, 0.15) is 11.5 Å². The molecule has 0 atom stereocenters. The third-order valence-corrected chi connectivity index (χ3v) is 2.02. The first-order valence-electron chi connectivity index (χ1n) is 4.03. The van der Waals surface area contributed by atoms with Crippen LogP contribution in [0, 0.1) is 0 Å². The van der Waals surface area contributed by atoms with Crippen molar-refractivity contribution in [3.63, 3.8) is 0 Å². The Hall–Kier alpha value is -1.19. The van der Waals surface area contributed by atoms with Gasteiger partial charge in [-0.2, -0.15) is 0 Å². The summed E-state index contributed by atoms with van der Waals surface area (Å²) in [5.41, 5.74) is 0. The maximum Gasteiger partial charge on any atom is 0.331 e. The van der Waals surface area contributed by atoms with Crippen molar-refractivity contribution >= 4 is 29.2 Å². The van der Waals surface area contributed by atoms with Crippen molar-refractivity contribution in [1.29, 1.82) is 0 Å². The lowest BCUT2D eigenvalue weighted by molar-refractivity contribution is -0.131. The van der Waals surface area contributed by atoms with Crippen LogP contribution in [0.4, 0.5) is 0 Å². The number of carbonyl (C=O) groups is 1. The molecular formula is C10H8Cl2O3. The van der Waals surface area contributed by atoms with E-state index in [1.54, 1.807) is 12.1 Å². The predicted molar refractivity (Wildman–Crippen MR) is 58.5 cm³/mol. The van der Waals surface area contributed by atoms with E-state index in [-0.39, 0.29) is 5.76 Å². The summed E-state index contributed by atoms with van der Waals surface area (Å²) in [6.45, 7) is 1.53. The molecule has 0 bridgehead atoms. The highest BCUT2D eigenvalue weighted by molar-refractivity contribution is 6.35. The minimum absolute atomic E-state index is 0.242. The second-order valence-corrected chi connectivity index (χ2v) is 3.61. The topological polar surface area (TPSA) is 46.5 Å². The van der Waals surface area contributed by atoms with E-state index in [1.165, 1.54) is 13.0 Å². The Kier molecular flexibility index (Phi) is 4.00. The second-order valence-electron chi connectivity index (χ2n) is 2.77. The Morgan fingerprint density at radius 2 is 2.13 bits per heavy atom. The monoisotopic (exact) mass is 246 g/mol. The molecule has 0 fully saturated rings. The number of carboxylic acid groups (broad SMARTS) is 1. The number of hydrogen-bond donors (Lipinski definition) is 1. The molecular weight excluding hydrogens is 239 g/mol. The van der Waals surface area contributed by atoms with E-state index in [0.29, 0.717) is 15.8 Å². The summed E-state index contributed by atoms with van der Waals surface area (Å²) in [7, 11) is 0. The number of carboxylic acids is 1. The lowest BCUT2D eigenvalue weighted by Gasteiger charge is -2.06. The number of aliphatic carboxylic acids is 1. The molecule has 0 aliphatic rings. The average molecular weight is 247 g/mol.